The van der Waals surface area contributed by atoms with Crippen molar-refractivity contribution in [2.75, 3.05) is 21.3 Å². The third kappa shape index (κ3) is 6.88. The lowest BCUT2D eigenvalue weighted by molar-refractivity contribution is 0.261. The second-order valence-electron chi connectivity index (χ2n) is 7.27. The van der Waals surface area contributed by atoms with Crippen LogP contribution in [-0.2, 0) is 0 Å². The van der Waals surface area contributed by atoms with Crippen molar-refractivity contribution in [3.8, 4) is 12.1 Å². The summed E-state index contributed by atoms with van der Waals surface area (Å²) < 4.78 is 0. The maximum absolute atomic E-state index is 12.3. The van der Waals surface area contributed by atoms with Crippen LogP contribution in [0.5, 0.6) is 0 Å². The fraction of sp³-hybridized carbons (Fsp3) is 0. The molecule has 0 bridgehead atoms. The summed E-state index contributed by atoms with van der Waals surface area (Å²) in [6, 6.07) is 25.9. The first kappa shape index (κ1) is 23.4. The van der Waals surface area contributed by atoms with Crippen molar-refractivity contribution in [3.63, 3.8) is 0 Å². The SMILES string of the molecule is N#Cc1ccc(NC(=O)Nc2cccc([N+]#Cc3cccc(NC(=O)Nc4cccnc4)c3)n2)cc1. The maximum atomic E-state index is 12.3. The molecule has 4 N–H and O–H groups in total. The van der Waals surface area contributed by atoms with Crippen molar-refractivity contribution < 1.29 is 9.59 Å². The van der Waals surface area contributed by atoms with E-state index in [0.29, 0.717) is 39.8 Å². The monoisotopic (exact) mass is 475 g/mol. The van der Waals surface area contributed by atoms with Crippen LogP contribution in [0.2, 0.25) is 0 Å². The molecule has 2 aromatic heterocycles. The predicted octanol–water partition coefficient (Wildman–Crippen LogP) is 5.65. The summed E-state index contributed by atoms with van der Waals surface area (Å²) in [7, 11) is 0. The quantitative estimate of drug-likeness (QED) is 0.302. The zero-order valence-corrected chi connectivity index (χ0v) is 18.8. The van der Waals surface area contributed by atoms with Crippen molar-refractivity contribution >= 4 is 40.8 Å². The Bertz CT molecular complexity index is 1490. The molecule has 0 aliphatic rings. The van der Waals surface area contributed by atoms with Crippen LogP contribution in [0.4, 0.5) is 38.3 Å². The van der Waals surface area contributed by atoms with Gasteiger partial charge in [0, 0.05) is 23.6 Å². The van der Waals surface area contributed by atoms with Gasteiger partial charge in [0.25, 0.3) is 0 Å². The zero-order chi connectivity index (χ0) is 25.2. The number of pyridine rings is 2. The van der Waals surface area contributed by atoms with Gasteiger partial charge in [-0.1, -0.05) is 6.07 Å². The van der Waals surface area contributed by atoms with E-state index in [0.717, 1.165) is 0 Å². The Labute approximate surface area is 206 Å². The molecule has 174 valence electrons. The Morgan fingerprint density at radius 3 is 2.25 bits per heavy atom. The molecule has 0 spiro atoms. The molecule has 10 heteroatoms. The Morgan fingerprint density at radius 2 is 1.47 bits per heavy atom. The van der Waals surface area contributed by atoms with E-state index in [-0.39, 0.29) is 0 Å². The molecule has 10 nitrogen and oxygen atoms in total. The van der Waals surface area contributed by atoms with E-state index < -0.39 is 12.1 Å². The van der Waals surface area contributed by atoms with Gasteiger partial charge in [-0.3, -0.25) is 10.3 Å². The smallest absolute Gasteiger partial charge is 0.308 e. The number of carbonyl (C=O) groups excluding carboxylic acids is 2. The lowest BCUT2D eigenvalue weighted by Crippen LogP contribution is -2.19. The first-order valence-corrected chi connectivity index (χ1v) is 10.7. The number of anilines is 4. The number of nitriles is 1. The molecule has 2 heterocycles. The van der Waals surface area contributed by atoms with Crippen molar-refractivity contribution in [1.82, 2.24) is 9.97 Å². The van der Waals surface area contributed by atoms with Crippen LogP contribution < -0.4 is 21.3 Å². The van der Waals surface area contributed by atoms with Gasteiger partial charge in [0.2, 0.25) is 5.82 Å². The Kier molecular flexibility index (Phi) is 7.42. The standard InChI is InChI=1S/C26H18N8O2/c27-15-18-9-11-20(12-10-18)30-26(36)34-24-8-2-7-23(33-24)29-16-19-4-1-5-21(14-19)31-25(35)32-22-6-3-13-28-17-22/h1-14,17H,(H3-,30,31,32,33,34,35,36)/p+1. The van der Waals surface area contributed by atoms with Gasteiger partial charge in [-0.05, 0) is 65.6 Å². The minimum Gasteiger partial charge on any atom is -0.308 e. The van der Waals surface area contributed by atoms with Crippen molar-refractivity contribution in [2.45, 2.75) is 0 Å². The molecular formula is C26H19N8O2+. The summed E-state index contributed by atoms with van der Waals surface area (Å²) in [5.74, 6) is 0.630. The molecule has 2 aromatic carbocycles. The maximum Gasteiger partial charge on any atom is 0.428 e. The summed E-state index contributed by atoms with van der Waals surface area (Å²) in [6.45, 7) is 0. The molecule has 0 aliphatic carbocycles. The highest BCUT2D eigenvalue weighted by Gasteiger charge is 2.11. The Morgan fingerprint density at radius 1 is 0.750 bits per heavy atom. The molecule has 0 fully saturated rings. The van der Waals surface area contributed by atoms with Crippen molar-refractivity contribution in [1.29, 1.82) is 5.26 Å². The van der Waals surface area contributed by atoms with Crippen LogP contribution in [0, 0.1) is 17.4 Å². The van der Waals surface area contributed by atoms with E-state index in [4.69, 9.17) is 5.26 Å². The fourth-order valence-corrected chi connectivity index (χ4v) is 2.98. The first-order valence-electron chi connectivity index (χ1n) is 10.7. The molecule has 0 unspecified atom stereocenters. The van der Waals surface area contributed by atoms with E-state index in [1.165, 1.54) is 0 Å². The highest BCUT2D eigenvalue weighted by atomic mass is 16.2. The molecule has 0 aliphatic heterocycles. The highest BCUT2D eigenvalue weighted by molar-refractivity contribution is 6.00. The van der Waals surface area contributed by atoms with E-state index in [1.807, 2.05) is 6.07 Å². The number of carbonyl (C=O) groups is 2. The molecule has 0 saturated heterocycles. The normalized spacial score (nSPS) is 9.64. The van der Waals surface area contributed by atoms with E-state index in [1.54, 1.807) is 91.3 Å². The van der Waals surface area contributed by atoms with Crippen molar-refractivity contribution in [3.05, 3.63) is 107 Å². The number of aromatic nitrogens is 2. The number of benzene rings is 2. The molecule has 0 saturated carbocycles. The van der Waals surface area contributed by atoms with Gasteiger partial charge >= 0.3 is 17.9 Å². The van der Waals surface area contributed by atoms with Crippen LogP contribution in [0.1, 0.15) is 11.1 Å². The van der Waals surface area contributed by atoms with Crippen LogP contribution in [-0.4, -0.2) is 22.0 Å². The number of amides is 4. The summed E-state index contributed by atoms with van der Waals surface area (Å²) in [5.41, 5.74) is 2.78. The minimum absolute atomic E-state index is 0.298. The van der Waals surface area contributed by atoms with Crippen LogP contribution >= 0.6 is 0 Å². The van der Waals surface area contributed by atoms with Crippen LogP contribution in [0.3, 0.4) is 0 Å². The summed E-state index contributed by atoms with van der Waals surface area (Å²) in [5, 5.41) is 19.6. The third-order valence-corrected chi connectivity index (χ3v) is 4.59. The van der Waals surface area contributed by atoms with Gasteiger partial charge < -0.3 is 16.0 Å². The van der Waals surface area contributed by atoms with Gasteiger partial charge in [-0.25, -0.2) is 9.59 Å². The number of hydrogen-bond donors (Lipinski definition) is 4. The number of hydrogen-bond acceptors (Lipinski definition) is 5. The number of nitrogens with zero attached hydrogens (tertiary/aromatic N) is 4. The zero-order valence-electron chi connectivity index (χ0n) is 18.8. The largest absolute Gasteiger partial charge is 0.428 e. The summed E-state index contributed by atoms with van der Waals surface area (Å²) >= 11 is 0. The lowest BCUT2D eigenvalue weighted by Gasteiger charge is -2.07. The van der Waals surface area contributed by atoms with E-state index >= 15 is 0 Å². The number of nitrogens with one attached hydrogen (secondary N) is 4. The van der Waals surface area contributed by atoms with Gasteiger partial charge in [-0.15, -0.1) is 4.85 Å². The summed E-state index contributed by atoms with van der Waals surface area (Å²) in [4.78, 5) is 36.9. The number of rotatable bonds is 4. The van der Waals surface area contributed by atoms with Gasteiger partial charge in [0.05, 0.1) is 35.1 Å². The van der Waals surface area contributed by atoms with E-state index in [9.17, 15) is 9.59 Å². The second kappa shape index (κ2) is 11.4. The Hall–Kier alpha value is -5.74. The molecule has 4 aromatic rings. The topological polar surface area (TPSA) is 136 Å². The molecule has 0 radical (unpaired) electrons. The Balaban J connectivity index is 1.37. The molecule has 4 rings (SSSR count). The van der Waals surface area contributed by atoms with Gasteiger partial charge in [0.15, 0.2) is 6.07 Å². The predicted molar refractivity (Wildman–Crippen MR) is 137 cm³/mol. The third-order valence-electron chi connectivity index (χ3n) is 4.59. The summed E-state index contributed by atoms with van der Waals surface area (Å²) in [6.07, 6.45) is 3.16. The molecule has 0 atom stereocenters. The average molecular weight is 475 g/mol. The lowest BCUT2D eigenvalue weighted by atomic mass is 10.2. The average Bonchev–Trinajstić information content (AvgIpc) is 2.89. The molecular weight excluding hydrogens is 456 g/mol. The fourth-order valence-electron chi connectivity index (χ4n) is 2.98. The van der Waals surface area contributed by atoms with Crippen LogP contribution in [0.25, 0.3) is 4.85 Å². The highest BCUT2D eigenvalue weighted by Crippen LogP contribution is 2.16. The first-order chi connectivity index (χ1) is 17.6. The molecule has 4 amide bonds. The second-order valence-corrected chi connectivity index (χ2v) is 7.27. The van der Waals surface area contributed by atoms with Crippen molar-refractivity contribution in [2.24, 2.45) is 0 Å². The van der Waals surface area contributed by atoms with E-state index in [2.05, 4.69) is 42.1 Å². The molecule has 36 heavy (non-hydrogen) atoms. The van der Waals surface area contributed by atoms with Gasteiger partial charge in [0.1, 0.15) is 0 Å². The minimum atomic E-state index is -0.486. The van der Waals surface area contributed by atoms with Crippen LogP contribution in [0.15, 0.2) is 91.3 Å². The van der Waals surface area contributed by atoms with Gasteiger partial charge in [-0.2, -0.15) is 5.26 Å². The number of urea groups is 2.